The molecule has 2 aliphatic rings. The Morgan fingerprint density at radius 1 is 1.00 bits per heavy atom. The molecule has 3 rings (SSSR count). The molecule has 2 fully saturated rings. The molecular formula is C15H12I3O4-. The van der Waals surface area contributed by atoms with Crippen LogP contribution in [0.15, 0.2) is 12.1 Å². The van der Waals surface area contributed by atoms with E-state index in [1.54, 1.807) is 0 Å². The number of carbonyl (C=O) groups is 2. The van der Waals surface area contributed by atoms with Crippen LogP contribution >= 0.6 is 67.8 Å². The Balaban J connectivity index is 1.72. The van der Waals surface area contributed by atoms with Crippen LogP contribution in [0, 0.1) is 34.4 Å². The average Bonchev–Trinajstić information content (AvgIpc) is 3.02. The Labute approximate surface area is 169 Å². The topological polar surface area (TPSA) is 66.4 Å². The van der Waals surface area contributed by atoms with Crippen molar-refractivity contribution >= 4 is 79.7 Å². The van der Waals surface area contributed by atoms with Gasteiger partial charge in [-0.15, -0.1) is 0 Å². The van der Waals surface area contributed by atoms with E-state index in [1.165, 1.54) is 0 Å². The monoisotopic (exact) mass is 637 g/mol. The van der Waals surface area contributed by atoms with E-state index in [1.807, 2.05) is 12.1 Å². The summed E-state index contributed by atoms with van der Waals surface area (Å²) < 4.78 is 8.57. The molecule has 0 spiro atoms. The molecule has 0 aromatic heterocycles. The summed E-state index contributed by atoms with van der Waals surface area (Å²) in [6.45, 7) is 0. The molecule has 2 saturated carbocycles. The third-order valence-corrected chi connectivity index (χ3v) is 6.85. The summed E-state index contributed by atoms with van der Waals surface area (Å²) >= 11 is 6.57. The molecule has 2 bridgehead atoms. The van der Waals surface area contributed by atoms with Gasteiger partial charge in [0, 0.05) is 15.5 Å². The number of esters is 1. The number of benzene rings is 1. The van der Waals surface area contributed by atoms with Crippen molar-refractivity contribution in [3.8, 4) is 5.75 Å². The number of aliphatic carboxylic acids is 1. The summed E-state index contributed by atoms with van der Waals surface area (Å²) in [6, 6.07) is 3.94. The van der Waals surface area contributed by atoms with Gasteiger partial charge in [-0.25, -0.2) is 0 Å². The van der Waals surface area contributed by atoms with Gasteiger partial charge in [-0.05, 0) is 111 Å². The average molecular weight is 637 g/mol. The summed E-state index contributed by atoms with van der Waals surface area (Å²) in [5.41, 5.74) is 0. The van der Waals surface area contributed by atoms with E-state index in [4.69, 9.17) is 4.74 Å². The van der Waals surface area contributed by atoms with E-state index in [9.17, 15) is 14.7 Å². The maximum absolute atomic E-state index is 12.5. The predicted octanol–water partition coefficient (Wildman–Crippen LogP) is 2.82. The second kappa shape index (κ2) is 6.69. The van der Waals surface area contributed by atoms with Gasteiger partial charge in [-0.3, -0.25) is 4.79 Å². The molecule has 0 amide bonds. The molecule has 118 valence electrons. The maximum Gasteiger partial charge on any atom is 0.314 e. The number of rotatable bonds is 3. The standard InChI is InChI=1S/C15H13I3O4/c16-8-4-11(17)13(12(18)5-8)22-15(21)10-3-6-1-7(10)2-9(6)14(19)20/h4-7,9-10H,1-3H2,(H,19,20)/p-1. The van der Waals surface area contributed by atoms with E-state index in [0.717, 1.165) is 17.1 Å². The molecule has 0 radical (unpaired) electrons. The highest BCUT2D eigenvalue weighted by molar-refractivity contribution is 14.1. The number of hydrogen-bond acceptors (Lipinski definition) is 4. The van der Waals surface area contributed by atoms with Crippen molar-refractivity contribution in [3.05, 3.63) is 22.8 Å². The Morgan fingerprint density at radius 2 is 1.55 bits per heavy atom. The minimum Gasteiger partial charge on any atom is -0.550 e. The van der Waals surface area contributed by atoms with Crippen LogP contribution in [0.4, 0.5) is 0 Å². The van der Waals surface area contributed by atoms with Gasteiger partial charge in [0.25, 0.3) is 0 Å². The Kier molecular flexibility index (Phi) is 5.23. The fraction of sp³-hybridized carbons (Fsp3) is 0.467. The minimum atomic E-state index is -0.971. The predicted molar refractivity (Wildman–Crippen MR) is 103 cm³/mol. The molecule has 0 saturated heterocycles. The van der Waals surface area contributed by atoms with Crippen molar-refractivity contribution in [2.75, 3.05) is 0 Å². The van der Waals surface area contributed by atoms with Crippen LogP contribution in [0.25, 0.3) is 0 Å². The van der Waals surface area contributed by atoms with E-state index in [-0.39, 0.29) is 29.6 Å². The SMILES string of the molecule is O=C([O-])C1CC2CC1CC2C(=O)Oc1c(I)cc(I)cc1I. The van der Waals surface area contributed by atoms with Crippen molar-refractivity contribution in [1.82, 2.24) is 0 Å². The number of ether oxygens (including phenoxy) is 1. The van der Waals surface area contributed by atoms with Gasteiger partial charge in [-0.1, -0.05) is 0 Å². The third kappa shape index (κ3) is 3.26. The molecule has 4 unspecified atom stereocenters. The molecule has 0 N–H and O–H groups in total. The second-order valence-electron chi connectivity index (χ2n) is 5.88. The first-order chi connectivity index (χ1) is 10.4. The first-order valence-electron chi connectivity index (χ1n) is 6.94. The first kappa shape index (κ1) is 17.2. The number of hydrogen-bond donors (Lipinski definition) is 0. The number of carboxylic acid groups (broad SMARTS) is 1. The lowest BCUT2D eigenvalue weighted by Crippen LogP contribution is -2.37. The van der Waals surface area contributed by atoms with E-state index < -0.39 is 5.97 Å². The molecular weight excluding hydrogens is 625 g/mol. The van der Waals surface area contributed by atoms with Gasteiger partial charge in [0.15, 0.2) is 5.75 Å². The normalized spacial score (nSPS) is 29.6. The maximum atomic E-state index is 12.5. The number of carboxylic acids is 1. The van der Waals surface area contributed by atoms with Crippen molar-refractivity contribution in [2.24, 2.45) is 23.7 Å². The highest BCUT2D eigenvalue weighted by Gasteiger charge is 2.49. The third-order valence-electron chi connectivity index (χ3n) is 4.63. The molecule has 4 nitrogen and oxygen atoms in total. The summed E-state index contributed by atoms with van der Waals surface area (Å²) in [7, 11) is 0. The van der Waals surface area contributed by atoms with Crippen LogP contribution in [0.1, 0.15) is 19.3 Å². The minimum absolute atomic E-state index is 0.0717. The Bertz CT molecular complexity index is 623. The lowest BCUT2D eigenvalue weighted by Gasteiger charge is -2.27. The molecule has 1 aromatic carbocycles. The zero-order valence-electron chi connectivity index (χ0n) is 11.4. The first-order valence-corrected chi connectivity index (χ1v) is 10.2. The van der Waals surface area contributed by atoms with Crippen molar-refractivity contribution in [2.45, 2.75) is 19.3 Å². The summed E-state index contributed by atoms with van der Waals surface area (Å²) in [6.07, 6.45) is 1.96. The van der Waals surface area contributed by atoms with Crippen LogP contribution in [-0.4, -0.2) is 11.9 Å². The largest absolute Gasteiger partial charge is 0.550 e. The van der Waals surface area contributed by atoms with E-state index >= 15 is 0 Å². The number of carbonyl (C=O) groups excluding carboxylic acids is 2. The van der Waals surface area contributed by atoms with Gasteiger partial charge < -0.3 is 14.6 Å². The van der Waals surface area contributed by atoms with Crippen LogP contribution in [0.5, 0.6) is 5.75 Å². The van der Waals surface area contributed by atoms with Crippen LogP contribution in [-0.2, 0) is 9.59 Å². The van der Waals surface area contributed by atoms with Gasteiger partial charge in [-0.2, -0.15) is 0 Å². The summed E-state index contributed by atoms with van der Waals surface area (Å²) in [4.78, 5) is 23.5. The van der Waals surface area contributed by atoms with Crippen molar-refractivity contribution in [1.29, 1.82) is 0 Å². The van der Waals surface area contributed by atoms with E-state index in [0.29, 0.717) is 18.6 Å². The zero-order valence-corrected chi connectivity index (χ0v) is 17.8. The van der Waals surface area contributed by atoms with Gasteiger partial charge in [0.1, 0.15) is 0 Å². The molecule has 0 aliphatic heterocycles. The van der Waals surface area contributed by atoms with Crippen molar-refractivity contribution in [3.63, 3.8) is 0 Å². The van der Waals surface area contributed by atoms with Gasteiger partial charge in [0.05, 0.1) is 13.1 Å². The smallest absolute Gasteiger partial charge is 0.314 e. The fourth-order valence-electron chi connectivity index (χ4n) is 3.66. The Morgan fingerprint density at radius 3 is 2.05 bits per heavy atom. The molecule has 22 heavy (non-hydrogen) atoms. The number of halogens is 3. The molecule has 2 aliphatic carbocycles. The number of fused-ring (bicyclic) bond motifs is 2. The summed E-state index contributed by atoms with van der Waals surface area (Å²) in [5, 5.41) is 11.1. The van der Waals surface area contributed by atoms with Crippen LogP contribution in [0.2, 0.25) is 0 Å². The van der Waals surface area contributed by atoms with Crippen molar-refractivity contribution < 1.29 is 19.4 Å². The molecule has 0 heterocycles. The molecule has 1 aromatic rings. The van der Waals surface area contributed by atoms with E-state index in [2.05, 4.69) is 67.8 Å². The van der Waals surface area contributed by atoms with Gasteiger partial charge in [0.2, 0.25) is 0 Å². The lowest BCUT2D eigenvalue weighted by molar-refractivity contribution is -0.313. The zero-order chi connectivity index (χ0) is 16.0. The molecule has 4 atom stereocenters. The summed E-state index contributed by atoms with van der Waals surface area (Å²) in [5.74, 6) is -0.936. The quantitative estimate of drug-likeness (QED) is 0.291. The fourth-order valence-corrected chi connectivity index (χ4v) is 7.46. The second-order valence-corrected chi connectivity index (χ2v) is 9.45. The van der Waals surface area contributed by atoms with Crippen LogP contribution < -0.4 is 9.84 Å². The van der Waals surface area contributed by atoms with Crippen LogP contribution in [0.3, 0.4) is 0 Å². The highest BCUT2D eigenvalue weighted by Crippen LogP contribution is 2.52. The Hall–Kier alpha value is 0.350. The lowest BCUT2D eigenvalue weighted by atomic mass is 9.82. The molecule has 7 heteroatoms. The highest BCUT2D eigenvalue weighted by atomic mass is 127. The van der Waals surface area contributed by atoms with Gasteiger partial charge >= 0.3 is 5.97 Å².